The highest BCUT2D eigenvalue weighted by molar-refractivity contribution is 5.91. The van der Waals surface area contributed by atoms with E-state index in [2.05, 4.69) is 38.2 Å². The molecule has 0 bridgehead atoms. The predicted octanol–water partition coefficient (Wildman–Crippen LogP) is 5.09. The van der Waals surface area contributed by atoms with Gasteiger partial charge in [0.05, 0.1) is 11.5 Å². The molecule has 1 atom stereocenters. The third kappa shape index (κ3) is 4.89. The van der Waals surface area contributed by atoms with E-state index in [1.165, 1.54) is 0 Å². The van der Waals surface area contributed by atoms with Gasteiger partial charge in [0.1, 0.15) is 18.1 Å². The number of aliphatic hydroxyl groups excluding tert-OH is 1. The van der Waals surface area contributed by atoms with Crippen molar-refractivity contribution in [1.82, 2.24) is 5.32 Å². The Bertz CT molecular complexity index is 843. The van der Waals surface area contributed by atoms with Gasteiger partial charge in [-0.2, -0.15) is 0 Å². The van der Waals surface area contributed by atoms with Gasteiger partial charge in [-0.25, -0.2) is 0 Å². The van der Waals surface area contributed by atoms with Gasteiger partial charge in [0, 0.05) is 7.05 Å². The molecule has 0 aliphatic carbocycles. The Morgan fingerprint density at radius 2 is 1.80 bits per heavy atom. The molecule has 0 aliphatic rings. The molecule has 0 saturated heterocycles. The Kier molecular flexibility index (Phi) is 7.75. The zero-order valence-electron chi connectivity index (χ0n) is 19.5. The van der Waals surface area contributed by atoms with Crippen LogP contribution in [0.15, 0.2) is 34.7 Å². The second-order valence-corrected chi connectivity index (χ2v) is 8.90. The first-order chi connectivity index (χ1) is 14.1. The molecule has 2 N–H and O–H groups in total. The third-order valence-corrected chi connectivity index (χ3v) is 6.13. The summed E-state index contributed by atoms with van der Waals surface area (Å²) in [7, 11) is 1.60. The number of furan rings is 1. The molecular formula is C25H37NO4. The van der Waals surface area contributed by atoms with E-state index >= 15 is 0 Å². The topological polar surface area (TPSA) is 71.7 Å². The van der Waals surface area contributed by atoms with E-state index in [1.54, 1.807) is 13.1 Å². The lowest BCUT2D eigenvalue weighted by atomic mass is 9.73. The standard InChI is InChI=1S/C25H37NO4/c1-8-17-15-18(11-12-19(17)29-16-21(27)24(4,5)6)25(9-2,10-3)22-14-13-20(30-22)23(28)26-7/h11-15,21,27H,8-10,16H2,1-7H3,(H,26,28). The lowest BCUT2D eigenvalue weighted by molar-refractivity contribution is 0.0215. The minimum Gasteiger partial charge on any atom is -0.491 e. The summed E-state index contributed by atoms with van der Waals surface area (Å²) in [5.41, 5.74) is 1.69. The predicted molar refractivity (Wildman–Crippen MR) is 120 cm³/mol. The fourth-order valence-electron chi connectivity index (χ4n) is 3.70. The number of aliphatic hydroxyl groups is 1. The number of aryl methyl sites for hydroxylation is 1. The fraction of sp³-hybridized carbons (Fsp3) is 0.560. The third-order valence-electron chi connectivity index (χ3n) is 6.13. The number of hydrogen-bond acceptors (Lipinski definition) is 4. The maximum absolute atomic E-state index is 12.0. The van der Waals surface area contributed by atoms with Gasteiger partial charge in [0.15, 0.2) is 5.76 Å². The van der Waals surface area contributed by atoms with Gasteiger partial charge in [-0.3, -0.25) is 4.79 Å². The molecule has 2 rings (SSSR count). The van der Waals surface area contributed by atoms with Crippen LogP contribution >= 0.6 is 0 Å². The molecule has 0 fully saturated rings. The smallest absolute Gasteiger partial charge is 0.286 e. The Morgan fingerprint density at radius 1 is 1.13 bits per heavy atom. The maximum Gasteiger partial charge on any atom is 0.286 e. The fourth-order valence-corrected chi connectivity index (χ4v) is 3.70. The first kappa shape index (κ1) is 24.0. The van der Waals surface area contributed by atoms with Crippen molar-refractivity contribution in [3.8, 4) is 5.75 Å². The van der Waals surface area contributed by atoms with Crippen LogP contribution in [0.4, 0.5) is 0 Å². The molecule has 1 heterocycles. The Labute approximate surface area is 180 Å². The number of amides is 1. The molecule has 0 spiro atoms. The summed E-state index contributed by atoms with van der Waals surface area (Å²) in [5, 5.41) is 12.9. The molecular weight excluding hydrogens is 378 g/mol. The summed E-state index contributed by atoms with van der Waals surface area (Å²) < 4.78 is 12.0. The monoisotopic (exact) mass is 415 g/mol. The van der Waals surface area contributed by atoms with Gasteiger partial charge in [-0.15, -0.1) is 0 Å². The summed E-state index contributed by atoms with van der Waals surface area (Å²) in [6, 6.07) is 9.89. The lowest BCUT2D eigenvalue weighted by Crippen LogP contribution is -2.32. The highest BCUT2D eigenvalue weighted by atomic mass is 16.5. The van der Waals surface area contributed by atoms with Crippen molar-refractivity contribution in [3.63, 3.8) is 0 Å². The first-order valence-corrected chi connectivity index (χ1v) is 10.9. The Balaban J connectivity index is 2.39. The molecule has 1 unspecified atom stereocenters. The summed E-state index contributed by atoms with van der Waals surface area (Å²) in [6.07, 6.45) is 1.96. The van der Waals surface area contributed by atoms with Crippen LogP contribution in [0.2, 0.25) is 0 Å². The number of carbonyl (C=O) groups is 1. The molecule has 5 nitrogen and oxygen atoms in total. The van der Waals surface area contributed by atoms with Crippen LogP contribution in [-0.2, 0) is 11.8 Å². The second kappa shape index (κ2) is 9.69. The van der Waals surface area contributed by atoms with Crippen molar-refractivity contribution in [2.75, 3.05) is 13.7 Å². The van der Waals surface area contributed by atoms with Crippen molar-refractivity contribution in [2.24, 2.45) is 5.41 Å². The van der Waals surface area contributed by atoms with E-state index in [9.17, 15) is 9.90 Å². The van der Waals surface area contributed by atoms with E-state index in [1.807, 2.05) is 32.9 Å². The number of carbonyl (C=O) groups excluding carboxylic acids is 1. The number of hydrogen-bond donors (Lipinski definition) is 2. The van der Waals surface area contributed by atoms with Gasteiger partial charge in [0.2, 0.25) is 0 Å². The van der Waals surface area contributed by atoms with Crippen LogP contribution in [0, 0.1) is 5.41 Å². The van der Waals surface area contributed by atoms with Crippen molar-refractivity contribution >= 4 is 5.91 Å². The van der Waals surface area contributed by atoms with E-state index in [0.717, 1.165) is 41.9 Å². The number of rotatable bonds is 9. The summed E-state index contributed by atoms with van der Waals surface area (Å²) in [6.45, 7) is 12.6. The van der Waals surface area contributed by atoms with Crippen LogP contribution < -0.4 is 10.1 Å². The minimum absolute atomic E-state index is 0.224. The van der Waals surface area contributed by atoms with E-state index in [0.29, 0.717) is 5.76 Å². The largest absolute Gasteiger partial charge is 0.491 e. The van der Waals surface area contributed by atoms with Crippen molar-refractivity contribution in [2.45, 2.75) is 72.3 Å². The summed E-state index contributed by atoms with van der Waals surface area (Å²) >= 11 is 0. The van der Waals surface area contributed by atoms with Crippen LogP contribution in [-0.4, -0.2) is 30.8 Å². The molecule has 30 heavy (non-hydrogen) atoms. The lowest BCUT2D eigenvalue weighted by Gasteiger charge is -2.31. The molecule has 1 aromatic carbocycles. The van der Waals surface area contributed by atoms with Gasteiger partial charge in [0.25, 0.3) is 5.91 Å². The van der Waals surface area contributed by atoms with Gasteiger partial charge >= 0.3 is 0 Å². The van der Waals surface area contributed by atoms with Crippen molar-refractivity contribution in [1.29, 1.82) is 0 Å². The number of ether oxygens (including phenoxy) is 1. The maximum atomic E-state index is 12.0. The molecule has 1 amide bonds. The van der Waals surface area contributed by atoms with Crippen LogP contribution in [0.3, 0.4) is 0 Å². The minimum atomic E-state index is -0.543. The molecule has 0 saturated carbocycles. The van der Waals surface area contributed by atoms with Gasteiger partial charge in [-0.05, 0) is 54.0 Å². The molecule has 2 aromatic rings. The summed E-state index contributed by atoms with van der Waals surface area (Å²) in [4.78, 5) is 12.0. The second-order valence-electron chi connectivity index (χ2n) is 8.90. The van der Waals surface area contributed by atoms with Crippen LogP contribution in [0.25, 0.3) is 0 Å². The number of nitrogens with one attached hydrogen (secondary N) is 1. The highest BCUT2D eigenvalue weighted by Gasteiger charge is 2.35. The Morgan fingerprint density at radius 3 is 2.33 bits per heavy atom. The van der Waals surface area contributed by atoms with Gasteiger partial charge in [-0.1, -0.05) is 53.7 Å². The molecule has 166 valence electrons. The van der Waals surface area contributed by atoms with Gasteiger partial charge < -0.3 is 19.6 Å². The number of benzene rings is 1. The summed E-state index contributed by atoms with van der Waals surface area (Å²) in [5.74, 6) is 1.70. The Hall–Kier alpha value is -2.27. The molecule has 1 aromatic heterocycles. The van der Waals surface area contributed by atoms with E-state index in [4.69, 9.17) is 9.15 Å². The highest BCUT2D eigenvalue weighted by Crippen LogP contribution is 2.41. The van der Waals surface area contributed by atoms with Crippen molar-refractivity contribution < 1.29 is 19.1 Å². The quantitative estimate of drug-likeness (QED) is 0.598. The normalized spacial score (nSPS) is 13.2. The van der Waals surface area contributed by atoms with E-state index < -0.39 is 6.10 Å². The molecule has 5 heteroatoms. The average Bonchev–Trinajstić information content (AvgIpc) is 3.23. The zero-order valence-corrected chi connectivity index (χ0v) is 19.5. The average molecular weight is 416 g/mol. The first-order valence-electron chi connectivity index (χ1n) is 10.9. The molecule has 0 radical (unpaired) electrons. The van der Waals surface area contributed by atoms with Crippen LogP contribution in [0.5, 0.6) is 5.75 Å². The molecule has 0 aliphatic heterocycles. The van der Waals surface area contributed by atoms with Crippen molar-refractivity contribution in [3.05, 3.63) is 53.0 Å². The zero-order chi connectivity index (χ0) is 22.5. The SMILES string of the molecule is CCc1cc(C(CC)(CC)c2ccc(C(=O)NC)o2)ccc1OCC(O)C(C)(C)C. The van der Waals surface area contributed by atoms with E-state index in [-0.39, 0.29) is 23.3 Å². The van der Waals surface area contributed by atoms with Crippen LogP contribution in [0.1, 0.15) is 81.8 Å².